The van der Waals surface area contributed by atoms with Gasteiger partial charge in [-0.15, -0.1) is 11.6 Å². The molecule has 6 heteroatoms. The van der Waals surface area contributed by atoms with E-state index < -0.39 is 5.38 Å². The van der Waals surface area contributed by atoms with Gasteiger partial charge in [0.1, 0.15) is 5.38 Å². The van der Waals surface area contributed by atoms with Crippen molar-refractivity contribution in [2.75, 3.05) is 26.3 Å². The van der Waals surface area contributed by atoms with Gasteiger partial charge in [0.05, 0.1) is 13.2 Å². The van der Waals surface area contributed by atoms with Crippen LogP contribution in [0.15, 0.2) is 22.7 Å². The average Bonchev–Trinajstić information content (AvgIpc) is 2.41. The molecule has 0 spiro atoms. The third-order valence-electron chi connectivity index (χ3n) is 2.77. The highest BCUT2D eigenvalue weighted by molar-refractivity contribution is 9.10. The number of carbonyl (C=O) groups excluding carboxylic acids is 1. The predicted molar refractivity (Wildman–Crippen MR) is 75.1 cm³/mol. The van der Waals surface area contributed by atoms with Gasteiger partial charge in [0, 0.05) is 22.6 Å². The van der Waals surface area contributed by atoms with Crippen LogP contribution in [-0.2, 0) is 9.53 Å². The number of morpholine rings is 1. The predicted octanol–water partition coefficient (Wildman–Crippen LogP) is 3.24. The summed E-state index contributed by atoms with van der Waals surface area (Å²) in [6, 6.07) is 5.25. The van der Waals surface area contributed by atoms with Crippen molar-refractivity contribution in [1.82, 2.24) is 4.90 Å². The normalized spacial score (nSPS) is 17.6. The molecule has 0 N–H and O–H groups in total. The summed E-state index contributed by atoms with van der Waals surface area (Å²) < 4.78 is 6.00. The number of alkyl halides is 1. The number of halogens is 3. The SMILES string of the molecule is O=C(C(Cl)c1cc(Cl)ccc1Br)N1CCOCC1. The molecule has 3 nitrogen and oxygen atoms in total. The van der Waals surface area contributed by atoms with E-state index in [0.29, 0.717) is 36.9 Å². The Labute approximate surface area is 124 Å². The van der Waals surface area contributed by atoms with E-state index in [1.165, 1.54) is 0 Å². The Balaban J connectivity index is 2.16. The molecule has 1 heterocycles. The molecule has 1 unspecified atom stereocenters. The van der Waals surface area contributed by atoms with E-state index in [0.717, 1.165) is 4.47 Å². The smallest absolute Gasteiger partial charge is 0.245 e. The molecule has 0 aromatic heterocycles. The van der Waals surface area contributed by atoms with Crippen molar-refractivity contribution < 1.29 is 9.53 Å². The van der Waals surface area contributed by atoms with Crippen molar-refractivity contribution in [3.63, 3.8) is 0 Å². The van der Waals surface area contributed by atoms with Crippen LogP contribution in [0.4, 0.5) is 0 Å². The first-order valence-corrected chi connectivity index (χ1v) is 7.16. The summed E-state index contributed by atoms with van der Waals surface area (Å²) in [7, 11) is 0. The van der Waals surface area contributed by atoms with Crippen LogP contribution < -0.4 is 0 Å². The zero-order valence-electron chi connectivity index (χ0n) is 9.54. The minimum absolute atomic E-state index is 0.108. The lowest BCUT2D eigenvalue weighted by Gasteiger charge is -2.28. The molecule has 1 aliphatic heterocycles. The van der Waals surface area contributed by atoms with E-state index in [1.54, 1.807) is 23.1 Å². The molecular weight excluding hydrogens is 341 g/mol. The number of nitrogens with zero attached hydrogens (tertiary/aromatic N) is 1. The molecule has 0 bridgehead atoms. The van der Waals surface area contributed by atoms with Gasteiger partial charge in [-0.25, -0.2) is 0 Å². The summed E-state index contributed by atoms with van der Waals surface area (Å²) in [6.07, 6.45) is 0. The molecule has 1 aliphatic rings. The maximum absolute atomic E-state index is 12.2. The monoisotopic (exact) mass is 351 g/mol. The van der Waals surface area contributed by atoms with Crippen molar-refractivity contribution in [2.24, 2.45) is 0 Å². The molecular formula is C12H12BrCl2NO2. The summed E-state index contributed by atoms with van der Waals surface area (Å²) in [5.41, 5.74) is 0.695. The first-order chi connectivity index (χ1) is 8.59. The topological polar surface area (TPSA) is 29.5 Å². The highest BCUT2D eigenvalue weighted by Crippen LogP contribution is 2.32. The Morgan fingerprint density at radius 1 is 1.39 bits per heavy atom. The van der Waals surface area contributed by atoms with Crippen LogP contribution in [0, 0.1) is 0 Å². The van der Waals surface area contributed by atoms with Crippen molar-refractivity contribution in [3.05, 3.63) is 33.3 Å². The Morgan fingerprint density at radius 3 is 2.72 bits per heavy atom. The van der Waals surface area contributed by atoms with Gasteiger partial charge in [0.25, 0.3) is 0 Å². The van der Waals surface area contributed by atoms with Crippen molar-refractivity contribution in [2.45, 2.75) is 5.38 Å². The third kappa shape index (κ3) is 3.18. The van der Waals surface area contributed by atoms with Crippen molar-refractivity contribution in [1.29, 1.82) is 0 Å². The fourth-order valence-electron chi connectivity index (χ4n) is 1.79. The number of benzene rings is 1. The van der Waals surface area contributed by atoms with E-state index >= 15 is 0 Å². The highest BCUT2D eigenvalue weighted by Gasteiger charge is 2.26. The van der Waals surface area contributed by atoms with Crippen LogP contribution in [0.3, 0.4) is 0 Å². The molecule has 0 saturated carbocycles. The molecule has 1 amide bonds. The molecule has 0 radical (unpaired) electrons. The highest BCUT2D eigenvalue weighted by atomic mass is 79.9. The lowest BCUT2D eigenvalue weighted by molar-refractivity contribution is -0.134. The Bertz CT molecular complexity index is 450. The molecule has 1 aromatic carbocycles. The maximum atomic E-state index is 12.2. The van der Waals surface area contributed by atoms with Crippen LogP contribution in [-0.4, -0.2) is 37.1 Å². The van der Waals surface area contributed by atoms with Crippen molar-refractivity contribution in [3.8, 4) is 0 Å². The Kier molecular flexibility index (Phi) is 4.90. The van der Waals surface area contributed by atoms with Crippen LogP contribution in [0.1, 0.15) is 10.9 Å². The molecule has 1 atom stereocenters. The van der Waals surface area contributed by atoms with Gasteiger partial charge in [-0.3, -0.25) is 4.79 Å². The largest absolute Gasteiger partial charge is 0.378 e. The van der Waals surface area contributed by atoms with E-state index in [-0.39, 0.29) is 5.91 Å². The zero-order chi connectivity index (χ0) is 13.1. The maximum Gasteiger partial charge on any atom is 0.245 e. The van der Waals surface area contributed by atoms with Gasteiger partial charge in [-0.05, 0) is 23.8 Å². The average molecular weight is 353 g/mol. The summed E-state index contributed by atoms with van der Waals surface area (Å²) in [5.74, 6) is -0.108. The van der Waals surface area contributed by atoms with Crippen LogP contribution in [0.25, 0.3) is 0 Å². The second kappa shape index (κ2) is 6.24. The molecule has 2 rings (SSSR count). The zero-order valence-corrected chi connectivity index (χ0v) is 12.6. The third-order valence-corrected chi connectivity index (χ3v) is 4.15. The number of amides is 1. The van der Waals surface area contributed by atoms with Gasteiger partial charge in [0.15, 0.2) is 0 Å². The minimum Gasteiger partial charge on any atom is -0.378 e. The second-order valence-electron chi connectivity index (χ2n) is 3.97. The molecule has 0 aliphatic carbocycles. The van der Waals surface area contributed by atoms with Crippen LogP contribution in [0.5, 0.6) is 0 Å². The number of ether oxygens (including phenoxy) is 1. The van der Waals surface area contributed by atoms with E-state index in [9.17, 15) is 4.79 Å². The summed E-state index contributed by atoms with van der Waals surface area (Å²) >= 11 is 15.6. The number of hydrogen-bond acceptors (Lipinski definition) is 2. The number of rotatable bonds is 2. The number of carbonyl (C=O) groups is 1. The fraction of sp³-hybridized carbons (Fsp3) is 0.417. The molecule has 1 fully saturated rings. The van der Waals surface area contributed by atoms with E-state index in [4.69, 9.17) is 27.9 Å². The standard InChI is InChI=1S/C12H12BrCl2NO2/c13-10-2-1-8(14)7-9(10)11(15)12(17)16-3-5-18-6-4-16/h1-2,7,11H,3-6H2. The van der Waals surface area contributed by atoms with Gasteiger partial charge in [-0.1, -0.05) is 27.5 Å². The molecule has 98 valence electrons. The summed E-state index contributed by atoms with van der Waals surface area (Å²) in [6.45, 7) is 2.29. The van der Waals surface area contributed by atoms with Gasteiger partial charge in [0.2, 0.25) is 5.91 Å². The first kappa shape index (κ1) is 14.1. The lowest BCUT2D eigenvalue weighted by atomic mass is 10.1. The molecule has 1 saturated heterocycles. The van der Waals surface area contributed by atoms with E-state index in [1.807, 2.05) is 0 Å². The fourth-order valence-corrected chi connectivity index (χ4v) is 2.89. The summed E-state index contributed by atoms with van der Waals surface area (Å²) in [5, 5.41) is -0.162. The Morgan fingerprint density at radius 2 is 2.06 bits per heavy atom. The van der Waals surface area contributed by atoms with Gasteiger partial charge >= 0.3 is 0 Å². The molecule has 1 aromatic rings. The minimum atomic E-state index is -0.726. The quantitative estimate of drug-likeness (QED) is 0.764. The molecule has 18 heavy (non-hydrogen) atoms. The van der Waals surface area contributed by atoms with Gasteiger partial charge < -0.3 is 9.64 Å². The second-order valence-corrected chi connectivity index (χ2v) is 5.69. The Hall–Kier alpha value is -0.290. The first-order valence-electron chi connectivity index (χ1n) is 5.55. The van der Waals surface area contributed by atoms with Gasteiger partial charge in [-0.2, -0.15) is 0 Å². The summed E-state index contributed by atoms with van der Waals surface area (Å²) in [4.78, 5) is 14.0. The van der Waals surface area contributed by atoms with E-state index in [2.05, 4.69) is 15.9 Å². The number of hydrogen-bond donors (Lipinski definition) is 0. The lowest BCUT2D eigenvalue weighted by Crippen LogP contribution is -2.42. The van der Waals surface area contributed by atoms with Crippen LogP contribution in [0.2, 0.25) is 5.02 Å². The van der Waals surface area contributed by atoms with Crippen LogP contribution >= 0.6 is 39.1 Å². The van der Waals surface area contributed by atoms with Crippen molar-refractivity contribution >= 4 is 45.0 Å².